The maximum absolute atomic E-state index is 12.2. The monoisotopic (exact) mass is 303 g/mol. The Labute approximate surface area is 128 Å². The smallest absolute Gasteiger partial charge is 0.233 e. The summed E-state index contributed by atoms with van der Waals surface area (Å²) >= 11 is 1.34. The number of rotatable bonds is 5. The number of amides is 1. The molecule has 0 N–H and O–H groups in total. The molecule has 0 bridgehead atoms. The van der Waals surface area contributed by atoms with Gasteiger partial charge in [0.1, 0.15) is 6.33 Å². The van der Waals surface area contributed by atoms with Crippen LogP contribution in [0.2, 0.25) is 0 Å². The Kier molecular flexibility index (Phi) is 5.21. The first-order valence-electron chi connectivity index (χ1n) is 6.52. The van der Waals surface area contributed by atoms with Gasteiger partial charge in [0.15, 0.2) is 5.16 Å². The van der Waals surface area contributed by atoms with E-state index in [4.69, 9.17) is 0 Å². The summed E-state index contributed by atoms with van der Waals surface area (Å²) in [7, 11) is 1.77. The molecular formula is C14H17N5OS. The molecule has 0 aromatic carbocycles. The van der Waals surface area contributed by atoms with Crippen LogP contribution in [0.4, 0.5) is 0 Å². The molecule has 1 amide bonds. The van der Waals surface area contributed by atoms with Crippen molar-refractivity contribution in [1.29, 1.82) is 0 Å². The van der Waals surface area contributed by atoms with Gasteiger partial charge in [-0.05, 0) is 26.0 Å². The van der Waals surface area contributed by atoms with Crippen molar-refractivity contribution in [3.05, 3.63) is 42.2 Å². The van der Waals surface area contributed by atoms with E-state index in [1.54, 1.807) is 24.3 Å². The standard InChI is InChI=1S/C14H17N5OS/c1-10-4-7-16-14(18-10)21-8-13(20)19(3)11(2)12-5-6-15-9-17-12/h4-7,9,11H,8H2,1-3H3/t11-/m0/s1. The van der Waals surface area contributed by atoms with Gasteiger partial charge in [-0.15, -0.1) is 0 Å². The molecule has 21 heavy (non-hydrogen) atoms. The van der Waals surface area contributed by atoms with Crippen molar-refractivity contribution in [3.63, 3.8) is 0 Å². The summed E-state index contributed by atoms with van der Waals surface area (Å²) in [5.41, 5.74) is 1.71. The van der Waals surface area contributed by atoms with Crippen LogP contribution in [0.5, 0.6) is 0 Å². The number of hydrogen-bond donors (Lipinski definition) is 0. The van der Waals surface area contributed by atoms with Crippen LogP contribution in [0.3, 0.4) is 0 Å². The van der Waals surface area contributed by atoms with E-state index in [9.17, 15) is 4.79 Å². The minimum atomic E-state index is -0.0977. The zero-order valence-electron chi connectivity index (χ0n) is 12.2. The van der Waals surface area contributed by atoms with Gasteiger partial charge >= 0.3 is 0 Å². The molecule has 2 heterocycles. The zero-order chi connectivity index (χ0) is 15.2. The third-order valence-corrected chi connectivity index (χ3v) is 3.95. The highest BCUT2D eigenvalue weighted by Gasteiger charge is 2.18. The summed E-state index contributed by atoms with van der Waals surface area (Å²) < 4.78 is 0. The van der Waals surface area contributed by atoms with Gasteiger partial charge in [0, 0.05) is 25.1 Å². The van der Waals surface area contributed by atoms with Crippen LogP contribution < -0.4 is 0 Å². The molecule has 0 fully saturated rings. The molecular weight excluding hydrogens is 286 g/mol. The van der Waals surface area contributed by atoms with Crippen molar-refractivity contribution in [1.82, 2.24) is 24.8 Å². The topological polar surface area (TPSA) is 71.9 Å². The quantitative estimate of drug-likeness (QED) is 0.620. The number of nitrogens with zero attached hydrogens (tertiary/aromatic N) is 5. The van der Waals surface area contributed by atoms with Crippen LogP contribution in [0, 0.1) is 6.92 Å². The van der Waals surface area contributed by atoms with E-state index in [0.717, 1.165) is 11.4 Å². The molecule has 0 spiro atoms. The Hall–Kier alpha value is -2.02. The fourth-order valence-corrected chi connectivity index (χ4v) is 2.49. The summed E-state index contributed by atoms with van der Waals surface area (Å²) in [6.07, 6.45) is 4.86. The molecule has 0 radical (unpaired) electrons. The Bertz CT molecular complexity index is 607. The molecule has 1 atom stereocenters. The zero-order valence-corrected chi connectivity index (χ0v) is 13.0. The van der Waals surface area contributed by atoms with Gasteiger partial charge in [-0.3, -0.25) is 4.79 Å². The second kappa shape index (κ2) is 7.12. The first kappa shape index (κ1) is 15.4. The van der Waals surface area contributed by atoms with Gasteiger partial charge in [0.25, 0.3) is 0 Å². The first-order chi connectivity index (χ1) is 10.1. The predicted octanol–water partition coefficient (Wildman–Crippen LogP) is 1.89. The molecule has 2 aromatic heterocycles. The summed E-state index contributed by atoms with van der Waals surface area (Å²) in [5.74, 6) is 0.311. The number of thioether (sulfide) groups is 1. The second-order valence-electron chi connectivity index (χ2n) is 4.58. The molecule has 0 unspecified atom stereocenters. The van der Waals surface area contributed by atoms with Crippen LogP contribution in [-0.4, -0.2) is 43.5 Å². The van der Waals surface area contributed by atoms with E-state index >= 15 is 0 Å². The number of carbonyl (C=O) groups excluding carboxylic acids is 1. The summed E-state index contributed by atoms with van der Waals surface area (Å²) in [6, 6.07) is 3.54. The number of aromatic nitrogens is 4. The Morgan fingerprint density at radius 2 is 2.14 bits per heavy atom. The van der Waals surface area contributed by atoms with Crippen molar-refractivity contribution in [2.75, 3.05) is 12.8 Å². The maximum atomic E-state index is 12.2. The van der Waals surface area contributed by atoms with Gasteiger partial charge in [-0.1, -0.05) is 11.8 Å². The van der Waals surface area contributed by atoms with Gasteiger partial charge < -0.3 is 4.90 Å². The number of hydrogen-bond acceptors (Lipinski definition) is 6. The lowest BCUT2D eigenvalue weighted by atomic mass is 10.2. The minimum Gasteiger partial charge on any atom is -0.337 e. The molecule has 0 aliphatic rings. The minimum absolute atomic E-state index is 0.0104. The number of aryl methyl sites for hydroxylation is 1. The fraction of sp³-hybridized carbons (Fsp3) is 0.357. The van der Waals surface area contributed by atoms with Crippen LogP contribution in [-0.2, 0) is 4.79 Å². The Morgan fingerprint density at radius 1 is 1.33 bits per heavy atom. The molecule has 0 saturated carbocycles. The largest absolute Gasteiger partial charge is 0.337 e. The van der Waals surface area contributed by atoms with Crippen LogP contribution >= 0.6 is 11.8 Å². The second-order valence-corrected chi connectivity index (χ2v) is 5.53. The molecule has 0 aliphatic heterocycles. The molecule has 0 aliphatic carbocycles. The van der Waals surface area contributed by atoms with Crippen molar-refractivity contribution in [3.8, 4) is 0 Å². The fourth-order valence-electron chi connectivity index (χ4n) is 1.69. The van der Waals surface area contributed by atoms with Crippen LogP contribution in [0.1, 0.15) is 24.4 Å². The summed E-state index contributed by atoms with van der Waals surface area (Å²) in [4.78, 5) is 30.4. The SMILES string of the molecule is Cc1ccnc(SCC(=O)N(C)[C@@H](C)c2ccncn2)n1. The average molecular weight is 303 g/mol. The molecule has 7 heteroatoms. The van der Waals surface area contributed by atoms with Gasteiger partial charge in [0.2, 0.25) is 5.91 Å². The van der Waals surface area contributed by atoms with Gasteiger partial charge in [-0.25, -0.2) is 19.9 Å². The van der Waals surface area contributed by atoms with E-state index in [1.165, 1.54) is 18.1 Å². The van der Waals surface area contributed by atoms with E-state index in [0.29, 0.717) is 10.9 Å². The molecule has 110 valence electrons. The molecule has 0 saturated heterocycles. The van der Waals surface area contributed by atoms with Crippen molar-refractivity contribution in [2.45, 2.75) is 25.0 Å². The van der Waals surface area contributed by atoms with E-state index < -0.39 is 0 Å². The van der Waals surface area contributed by atoms with Crippen LogP contribution in [0.15, 0.2) is 36.0 Å². The highest BCUT2D eigenvalue weighted by atomic mass is 32.2. The lowest BCUT2D eigenvalue weighted by Gasteiger charge is -2.24. The average Bonchev–Trinajstić information content (AvgIpc) is 2.52. The Morgan fingerprint density at radius 3 is 2.81 bits per heavy atom. The summed E-state index contributed by atoms with van der Waals surface area (Å²) in [5, 5.41) is 0.617. The predicted molar refractivity (Wildman–Crippen MR) is 80.7 cm³/mol. The molecule has 2 aromatic rings. The lowest BCUT2D eigenvalue weighted by molar-refractivity contribution is -0.129. The molecule has 6 nitrogen and oxygen atoms in total. The van der Waals surface area contributed by atoms with E-state index in [2.05, 4.69) is 19.9 Å². The van der Waals surface area contributed by atoms with E-state index in [1.807, 2.05) is 26.0 Å². The maximum Gasteiger partial charge on any atom is 0.233 e. The van der Waals surface area contributed by atoms with E-state index in [-0.39, 0.29) is 11.9 Å². The Balaban J connectivity index is 1.94. The van der Waals surface area contributed by atoms with Crippen LogP contribution in [0.25, 0.3) is 0 Å². The van der Waals surface area contributed by atoms with Crippen molar-refractivity contribution >= 4 is 17.7 Å². The normalized spacial score (nSPS) is 12.0. The number of carbonyl (C=O) groups is 1. The van der Waals surface area contributed by atoms with Crippen molar-refractivity contribution in [2.24, 2.45) is 0 Å². The van der Waals surface area contributed by atoms with Gasteiger partial charge in [-0.2, -0.15) is 0 Å². The van der Waals surface area contributed by atoms with Gasteiger partial charge in [0.05, 0.1) is 17.5 Å². The lowest BCUT2D eigenvalue weighted by Crippen LogP contribution is -2.31. The highest BCUT2D eigenvalue weighted by Crippen LogP contribution is 2.18. The summed E-state index contributed by atoms with van der Waals surface area (Å²) in [6.45, 7) is 3.84. The third-order valence-electron chi connectivity index (χ3n) is 3.10. The first-order valence-corrected chi connectivity index (χ1v) is 7.50. The third kappa shape index (κ3) is 4.22. The van der Waals surface area contributed by atoms with Crippen molar-refractivity contribution < 1.29 is 4.79 Å². The molecule has 2 rings (SSSR count). The highest BCUT2D eigenvalue weighted by molar-refractivity contribution is 7.99.